The number of anilines is 5. The summed E-state index contributed by atoms with van der Waals surface area (Å²) in [6.45, 7) is 5.81. The van der Waals surface area contributed by atoms with Gasteiger partial charge in [0.25, 0.3) is 0 Å². The number of rotatable bonds is 8. The van der Waals surface area contributed by atoms with E-state index in [0.29, 0.717) is 24.1 Å². The molecule has 0 unspecified atom stereocenters. The fourth-order valence-electron chi connectivity index (χ4n) is 3.86. The molecule has 2 aromatic heterocycles. The van der Waals surface area contributed by atoms with E-state index in [1.165, 1.54) is 6.26 Å². The van der Waals surface area contributed by atoms with Gasteiger partial charge in [-0.15, -0.1) is 0 Å². The van der Waals surface area contributed by atoms with Crippen molar-refractivity contribution in [3.63, 3.8) is 0 Å². The molecule has 0 atom stereocenters. The number of carbonyl (C=O) groups is 1. The summed E-state index contributed by atoms with van der Waals surface area (Å²) in [5.41, 5.74) is 2.66. The van der Waals surface area contributed by atoms with Gasteiger partial charge in [-0.3, -0.25) is 10.1 Å². The van der Waals surface area contributed by atoms with Crippen molar-refractivity contribution in [3.8, 4) is 0 Å². The van der Waals surface area contributed by atoms with Crippen molar-refractivity contribution >= 4 is 55.9 Å². The third-order valence-electron chi connectivity index (χ3n) is 6.90. The summed E-state index contributed by atoms with van der Waals surface area (Å²) in [5, 5.41) is 2.98. The minimum atomic E-state index is -3.28. The van der Waals surface area contributed by atoms with Gasteiger partial charge in [-0.2, -0.15) is 4.98 Å². The molecule has 4 rings (SSSR count). The number of amides is 1. The number of hydrogen-bond acceptors (Lipinski definition) is 8. The Morgan fingerprint density at radius 1 is 1.03 bits per heavy atom. The number of carbonyl (C=O) groups excluding carboxylic acids is 1. The van der Waals surface area contributed by atoms with Crippen LogP contribution in [0.3, 0.4) is 0 Å². The molecule has 200 valence electrons. The van der Waals surface area contributed by atoms with Gasteiger partial charge in [0.15, 0.2) is 9.84 Å². The van der Waals surface area contributed by atoms with Crippen LogP contribution >= 0.6 is 0 Å². The summed E-state index contributed by atoms with van der Waals surface area (Å²) >= 11 is 0. The number of sulfone groups is 1. The summed E-state index contributed by atoms with van der Waals surface area (Å²) in [4.78, 5) is 30.7. The van der Waals surface area contributed by atoms with Gasteiger partial charge in [0.05, 0.1) is 16.1 Å². The molecule has 38 heavy (non-hydrogen) atoms. The van der Waals surface area contributed by atoms with Gasteiger partial charge in [-0.1, -0.05) is 26.8 Å². The van der Waals surface area contributed by atoms with E-state index in [1.54, 1.807) is 41.4 Å². The number of aromatic nitrogens is 4. The lowest BCUT2D eigenvalue weighted by atomic mass is 9.89. The molecule has 0 bridgehead atoms. The second kappa shape index (κ2) is 10.1. The van der Waals surface area contributed by atoms with Crippen LogP contribution in [0.5, 0.6) is 0 Å². The normalized spacial score (nSPS) is 12.0. The number of hydrogen-bond donors (Lipinski definition) is 1. The van der Waals surface area contributed by atoms with Gasteiger partial charge in [0, 0.05) is 44.7 Å². The van der Waals surface area contributed by atoms with Crippen LogP contribution in [0.15, 0.2) is 59.6 Å². The molecule has 0 saturated heterocycles. The van der Waals surface area contributed by atoms with Gasteiger partial charge in [-0.25, -0.2) is 18.4 Å². The molecule has 0 aliphatic heterocycles. The van der Waals surface area contributed by atoms with Crippen molar-refractivity contribution < 1.29 is 13.2 Å². The molecular weight excluding hydrogens is 502 g/mol. The van der Waals surface area contributed by atoms with Crippen LogP contribution in [-0.2, 0) is 21.7 Å². The maximum absolute atomic E-state index is 12.8. The summed E-state index contributed by atoms with van der Waals surface area (Å²) in [6, 6.07) is 14.2. The summed E-state index contributed by atoms with van der Waals surface area (Å²) in [6.07, 6.45) is 3.56. The first-order chi connectivity index (χ1) is 17.8. The molecular formula is C27H33N7O3S. The minimum Gasteiger partial charge on any atom is -0.327 e. The molecule has 4 aromatic rings. The lowest BCUT2D eigenvalue weighted by molar-refractivity contribution is -0.124. The average Bonchev–Trinajstić information content (AvgIpc) is 3.22. The zero-order chi connectivity index (χ0) is 27.8. The van der Waals surface area contributed by atoms with Crippen LogP contribution in [-0.4, -0.2) is 54.2 Å². The van der Waals surface area contributed by atoms with Crippen LogP contribution in [0.2, 0.25) is 0 Å². The third kappa shape index (κ3) is 5.19. The number of para-hydroxylation sites is 1. The van der Waals surface area contributed by atoms with Gasteiger partial charge in [0.1, 0.15) is 11.3 Å². The van der Waals surface area contributed by atoms with Crippen molar-refractivity contribution in [1.82, 2.24) is 19.5 Å². The number of nitrogens with one attached hydrogen (secondary N) is 1. The van der Waals surface area contributed by atoms with Crippen LogP contribution in [0.25, 0.3) is 11.0 Å². The molecule has 11 heteroatoms. The van der Waals surface area contributed by atoms with E-state index in [-0.39, 0.29) is 10.8 Å². The number of imidazole rings is 1. The predicted molar refractivity (Wildman–Crippen MR) is 151 cm³/mol. The fourth-order valence-corrected chi connectivity index (χ4v) is 4.49. The minimum absolute atomic E-state index is 0.0821. The van der Waals surface area contributed by atoms with Gasteiger partial charge < -0.3 is 14.4 Å². The highest BCUT2D eigenvalue weighted by Gasteiger charge is 2.27. The van der Waals surface area contributed by atoms with Crippen molar-refractivity contribution in [2.24, 2.45) is 12.5 Å². The molecule has 0 radical (unpaired) electrons. The Kier molecular flexibility index (Phi) is 7.16. The monoisotopic (exact) mass is 535 g/mol. The van der Waals surface area contributed by atoms with Crippen molar-refractivity contribution in [2.45, 2.75) is 32.1 Å². The zero-order valence-corrected chi connectivity index (χ0v) is 23.5. The van der Waals surface area contributed by atoms with Gasteiger partial charge in [0.2, 0.25) is 17.8 Å². The molecule has 1 amide bonds. The second-order valence-electron chi connectivity index (χ2n) is 9.93. The maximum atomic E-state index is 12.8. The Balaban J connectivity index is 1.65. The third-order valence-corrected chi connectivity index (χ3v) is 8.03. The van der Waals surface area contributed by atoms with E-state index >= 15 is 0 Å². The van der Waals surface area contributed by atoms with Gasteiger partial charge in [-0.05, 0) is 48.9 Å². The van der Waals surface area contributed by atoms with Crippen molar-refractivity contribution in [2.75, 3.05) is 35.5 Å². The first-order valence-electron chi connectivity index (χ1n) is 12.2. The number of aryl methyl sites for hydroxylation is 1. The lowest BCUT2D eigenvalue weighted by Crippen LogP contribution is -2.31. The first kappa shape index (κ1) is 27.1. The molecule has 2 heterocycles. The molecule has 0 spiro atoms. The van der Waals surface area contributed by atoms with E-state index in [9.17, 15) is 13.2 Å². The highest BCUT2D eigenvalue weighted by Crippen LogP contribution is 2.33. The lowest BCUT2D eigenvalue weighted by Gasteiger charge is -2.22. The number of benzene rings is 2. The summed E-state index contributed by atoms with van der Waals surface area (Å²) < 4.78 is 25.5. The first-order valence-corrected chi connectivity index (χ1v) is 14.1. The Morgan fingerprint density at radius 3 is 2.34 bits per heavy atom. The Bertz CT molecular complexity index is 1590. The van der Waals surface area contributed by atoms with Crippen molar-refractivity contribution in [1.29, 1.82) is 0 Å². The number of nitrogens with zero attached hydrogens (tertiary/aromatic N) is 6. The summed E-state index contributed by atoms with van der Waals surface area (Å²) in [7, 11) is 2.31. The number of fused-ring (bicyclic) bond motifs is 1. The quantitative estimate of drug-likeness (QED) is 0.346. The highest BCUT2D eigenvalue weighted by molar-refractivity contribution is 7.90. The molecule has 0 aliphatic rings. The average molecular weight is 536 g/mol. The largest absolute Gasteiger partial charge is 0.327 e. The van der Waals surface area contributed by atoms with E-state index < -0.39 is 15.3 Å². The standard InChI is InChI=1S/C27H33N7O3S/c1-8-27(2,3)24(35)31-26-30-23-20(10-9-11-21(23)34(26)6)33(5)22-16-17-28-25(29-22)32(4)18-12-14-19(15-13-18)38(7,36)37/h9-17H,8H2,1-7H3,(H,30,31,35). The van der Waals surface area contributed by atoms with E-state index in [0.717, 1.165) is 22.4 Å². The van der Waals surface area contributed by atoms with Crippen LogP contribution in [0, 0.1) is 5.41 Å². The van der Waals surface area contributed by atoms with E-state index in [2.05, 4.69) is 10.3 Å². The van der Waals surface area contributed by atoms with E-state index in [1.807, 2.05) is 69.6 Å². The maximum Gasteiger partial charge on any atom is 0.232 e. The summed E-state index contributed by atoms with van der Waals surface area (Å²) in [5.74, 6) is 1.49. The second-order valence-corrected chi connectivity index (χ2v) is 11.9. The highest BCUT2D eigenvalue weighted by atomic mass is 32.2. The smallest absolute Gasteiger partial charge is 0.232 e. The fraction of sp³-hybridized carbons (Fsp3) is 0.333. The van der Waals surface area contributed by atoms with Crippen LogP contribution in [0.1, 0.15) is 27.2 Å². The zero-order valence-electron chi connectivity index (χ0n) is 22.7. The van der Waals surface area contributed by atoms with Gasteiger partial charge >= 0.3 is 0 Å². The SMILES string of the molecule is CCC(C)(C)C(=O)Nc1nc2c(N(C)c3ccnc(N(C)c4ccc(S(C)(=O)=O)cc4)n3)cccc2n1C. The van der Waals surface area contributed by atoms with Crippen LogP contribution in [0.4, 0.5) is 29.1 Å². The Hall–Kier alpha value is -3.99. The Morgan fingerprint density at radius 2 is 1.71 bits per heavy atom. The Labute approximate surface area is 223 Å². The van der Waals surface area contributed by atoms with Crippen LogP contribution < -0.4 is 15.1 Å². The molecule has 2 aromatic carbocycles. The van der Waals surface area contributed by atoms with E-state index in [4.69, 9.17) is 9.97 Å². The predicted octanol–water partition coefficient (Wildman–Crippen LogP) is 4.68. The van der Waals surface area contributed by atoms with Crippen molar-refractivity contribution in [3.05, 3.63) is 54.7 Å². The molecule has 10 nitrogen and oxygen atoms in total. The molecule has 0 fully saturated rings. The molecule has 0 aliphatic carbocycles. The molecule has 1 N–H and O–H groups in total. The molecule has 0 saturated carbocycles. The topological polar surface area (TPSA) is 113 Å².